The van der Waals surface area contributed by atoms with Gasteiger partial charge in [0, 0.05) is 35.8 Å². The average molecular weight is 296 g/mol. The third-order valence-corrected chi connectivity index (χ3v) is 4.03. The van der Waals surface area contributed by atoms with Gasteiger partial charge in [-0.3, -0.25) is 4.98 Å². The van der Waals surface area contributed by atoms with Gasteiger partial charge in [0.1, 0.15) is 11.2 Å². The lowest BCUT2D eigenvalue weighted by Gasteiger charge is -2.04. The average Bonchev–Trinajstić information content (AvgIpc) is 3.16. The van der Waals surface area contributed by atoms with Gasteiger partial charge >= 0.3 is 0 Å². The van der Waals surface area contributed by atoms with Crippen molar-refractivity contribution in [3.8, 4) is 6.07 Å². The van der Waals surface area contributed by atoms with Crippen LogP contribution in [-0.4, -0.2) is 19.6 Å². The molecule has 3 aromatic heterocycles. The molecule has 21 heavy (non-hydrogen) atoms. The highest BCUT2D eigenvalue weighted by atomic mass is 35.5. The summed E-state index contributed by atoms with van der Waals surface area (Å²) in [6.07, 6.45) is 6.15. The van der Waals surface area contributed by atoms with Crippen molar-refractivity contribution in [2.24, 2.45) is 0 Å². The number of aromatic nitrogens is 4. The number of nitrogens with zero attached hydrogens (tertiary/aromatic N) is 5. The molecule has 2 atom stereocenters. The van der Waals surface area contributed by atoms with E-state index in [1.54, 1.807) is 23.1 Å². The standard InChI is InChI=1S/C15H10ClN5/c16-14-6-12(15-18-3-4-21(15)20-14)10-5-11(10)13-2-1-9(7-17)8-19-13/h1-4,6,8,10-11H,5H2/t10-,11-/m0/s1. The number of hydrogen-bond donors (Lipinski definition) is 0. The normalized spacial score (nSPS) is 20.4. The Hall–Kier alpha value is -2.45. The summed E-state index contributed by atoms with van der Waals surface area (Å²) >= 11 is 6.07. The predicted octanol–water partition coefficient (Wildman–Crippen LogP) is 2.92. The monoisotopic (exact) mass is 295 g/mol. The number of halogens is 1. The van der Waals surface area contributed by atoms with E-state index in [-0.39, 0.29) is 0 Å². The van der Waals surface area contributed by atoms with E-state index in [1.165, 1.54) is 0 Å². The fourth-order valence-corrected chi connectivity index (χ4v) is 2.94. The van der Waals surface area contributed by atoms with Crippen LogP contribution >= 0.6 is 11.6 Å². The van der Waals surface area contributed by atoms with E-state index < -0.39 is 0 Å². The van der Waals surface area contributed by atoms with E-state index in [1.807, 2.05) is 18.2 Å². The quantitative estimate of drug-likeness (QED) is 0.729. The molecule has 0 aromatic carbocycles. The molecule has 0 saturated heterocycles. The SMILES string of the molecule is N#Cc1ccc([C@H]2C[C@@H]2c2cc(Cl)nn3ccnc23)nc1. The Morgan fingerprint density at radius 3 is 2.95 bits per heavy atom. The van der Waals surface area contributed by atoms with Crippen molar-refractivity contribution in [2.45, 2.75) is 18.3 Å². The third kappa shape index (κ3) is 2.05. The Kier molecular flexibility index (Phi) is 2.66. The van der Waals surface area contributed by atoms with Crippen LogP contribution in [-0.2, 0) is 0 Å². The smallest absolute Gasteiger partial charge is 0.157 e. The van der Waals surface area contributed by atoms with Crippen molar-refractivity contribution in [3.05, 3.63) is 58.8 Å². The zero-order chi connectivity index (χ0) is 14.4. The second kappa shape index (κ2) is 4.54. The molecule has 4 rings (SSSR count). The second-order valence-corrected chi connectivity index (χ2v) is 5.54. The number of nitriles is 1. The summed E-state index contributed by atoms with van der Waals surface area (Å²) in [5, 5.41) is 13.5. The first-order chi connectivity index (χ1) is 10.3. The van der Waals surface area contributed by atoms with Crippen molar-refractivity contribution in [3.63, 3.8) is 0 Å². The number of pyridine rings is 1. The first-order valence-electron chi connectivity index (χ1n) is 6.62. The van der Waals surface area contributed by atoms with E-state index in [0.29, 0.717) is 22.6 Å². The second-order valence-electron chi connectivity index (χ2n) is 5.15. The lowest BCUT2D eigenvalue weighted by Crippen LogP contribution is -1.97. The number of rotatable bonds is 2. The van der Waals surface area contributed by atoms with Gasteiger partial charge in [-0.2, -0.15) is 10.4 Å². The highest BCUT2D eigenvalue weighted by Crippen LogP contribution is 2.54. The van der Waals surface area contributed by atoms with Gasteiger partial charge < -0.3 is 0 Å². The van der Waals surface area contributed by atoms with Crippen LogP contribution in [0.5, 0.6) is 0 Å². The minimum atomic E-state index is 0.357. The summed E-state index contributed by atoms with van der Waals surface area (Å²) in [4.78, 5) is 8.73. The highest BCUT2D eigenvalue weighted by molar-refractivity contribution is 6.29. The zero-order valence-electron chi connectivity index (χ0n) is 10.9. The van der Waals surface area contributed by atoms with Gasteiger partial charge in [0.2, 0.25) is 0 Å². The summed E-state index contributed by atoms with van der Waals surface area (Å²) in [6.45, 7) is 0. The predicted molar refractivity (Wildman–Crippen MR) is 77.0 cm³/mol. The van der Waals surface area contributed by atoms with Gasteiger partial charge in [-0.05, 0) is 30.5 Å². The van der Waals surface area contributed by atoms with E-state index in [2.05, 4.69) is 21.1 Å². The van der Waals surface area contributed by atoms with Crippen LogP contribution in [0.1, 0.15) is 35.1 Å². The van der Waals surface area contributed by atoms with Crippen molar-refractivity contribution in [1.29, 1.82) is 5.26 Å². The number of hydrogen-bond acceptors (Lipinski definition) is 4. The van der Waals surface area contributed by atoms with Crippen LogP contribution in [0, 0.1) is 11.3 Å². The molecular weight excluding hydrogens is 286 g/mol. The summed E-state index contributed by atoms with van der Waals surface area (Å²) < 4.78 is 1.71. The molecule has 3 aromatic rings. The lowest BCUT2D eigenvalue weighted by atomic mass is 10.1. The van der Waals surface area contributed by atoms with Crippen molar-refractivity contribution in [2.75, 3.05) is 0 Å². The fraction of sp³-hybridized carbons (Fsp3) is 0.200. The molecule has 0 aliphatic heterocycles. The van der Waals surface area contributed by atoms with Crippen molar-refractivity contribution < 1.29 is 0 Å². The largest absolute Gasteiger partial charge is 0.260 e. The van der Waals surface area contributed by atoms with Crippen LogP contribution < -0.4 is 0 Å². The molecule has 0 amide bonds. The van der Waals surface area contributed by atoms with E-state index >= 15 is 0 Å². The van der Waals surface area contributed by atoms with E-state index in [0.717, 1.165) is 23.3 Å². The molecule has 5 nitrogen and oxygen atoms in total. The van der Waals surface area contributed by atoms with E-state index in [4.69, 9.17) is 16.9 Å². The van der Waals surface area contributed by atoms with Gasteiger partial charge in [0.05, 0.1) is 5.56 Å². The molecule has 1 aliphatic carbocycles. The van der Waals surface area contributed by atoms with Crippen molar-refractivity contribution >= 4 is 17.2 Å². The van der Waals surface area contributed by atoms with Crippen LogP contribution in [0.4, 0.5) is 0 Å². The molecule has 0 radical (unpaired) electrons. The maximum absolute atomic E-state index is 8.82. The summed E-state index contributed by atoms with van der Waals surface area (Å²) in [5.41, 5.74) is 3.55. The third-order valence-electron chi connectivity index (χ3n) is 3.84. The Bertz CT molecular complexity index is 862. The molecule has 3 heterocycles. The Labute approximate surface area is 125 Å². The van der Waals surface area contributed by atoms with Crippen LogP contribution in [0.15, 0.2) is 36.8 Å². The zero-order valence-corrected chi connectivity index (χ0v) is 11.7. The molecule has 102 valence electrons. The molecular formula is C15H10ClN5. The summed E-state index contributed by atoms with van der Waals surface area (Å²) in [6, 6.07) is 7.70. The molecule has 1 fully saturated rings. The number of imidazole rings is 1. The molecule has 0 bridgehead atoms. The maximum atomic E-state index is 8.82. The first-order valence-corrected chi connectivity index (χ1v) is 7.00. The fourth-order valence-electron chi connectivity index (χ4n) is 2.74. The number of fused-ring (bicyclic) bond motifs is 1. The summed E-state index contributed by atoms with van der Waals surface area (Å²) in [7, 11) is 0. The topological polar surface area (TPSA) is 66.9 Å². The van der Waals surface area contributed by atoms with Gasteiger partial charge in [0.25, 0.3) is 0 Å². The Morgan fingerprint density at radius 1 is 1.29 bits per heavy atom. The van der Waals surface area contributed by atoms with Crippen LogP contribution in [0.2, 0.25) is 5.15 Å². The van der Waals surface area contributed by atoms with Crippen LogP contribution in [0.3, 0.4) is 0 Å². The molecule has 0 unspecified atom stereocenters. The minimum Gasteiger partial charge on any atom is -0.260 e. The van der Waals surface area contributed by atoms with Gasteiger partial charge in [-0.15, -0.1) is 0 Å². The molecule has 6 heteroatoms. The van der Waals surface area contributed by atoms with Gasteiger partial charge in [-0.25, -0.2) is 9.50 Å². The van der Waals surface area contributed by atoms with Gasteiger partial charge in [-0.1, -0.05) is 11.6 Å². The Morgan fingerprint density at radius 2 is 2.19 bits per heavy atom. The highest BCUT2D eigenvalue weighted by Gasteiger charge is 2.42. The molecule has 0 N–H and O–H groups in total. The summed E-state index contributed by atoms with van der Waals surface area (Å²) in [5.74, 6) is 0.715. The maximum Gasteiger partial charge on any atom is 0.157 e. The minimum absolute atomic E-state index is 0.357. The molecule has 0 spiro atoms. The first kappa shape index (κ1) is 12.3. The lowest BCUT2D eigenvalue weighted by molar-refractivity contribution is 0.899. The Balaban J connectivity index is 1.69. The van der Waals surface area contributed by atoms with Crippen molar-refractivity contribution in [1.82, 2.24) is 19.6 Å². The van der Waals surface area contributed by atoms with Crippen LogP contribution in [0.25, 0.3) is 5.65 Å². The molecule has 1 aliphatic rings. The molecule has 1 saturated carbocycles. The van der Waals surface area contributed by atoms with E-state index in [9.17, 15) is 0 Å². The van der Waals surface area contributed by atoms with Gasteiger partial charge in [0.15, 0.2) is 5.65 Å².